The first-order valence-electron chi connectivity index (χ1n) is 5.86. The second kappa shape index (κ2) is 5.68. The molecule has 5 heteroatoms. The van der Waals surface area contributed by atoms with Gasteiger partial charge < -0.3 is 4.90 Å². The standard InChI is InChI=1S/C13H14Cl3NO/c1-8-4-5-17(12(8)7-14)13(18)10-6-9(15)2-3-11(10)16/h2-3,6,8,12H,4-5,7H2,1H3. The molecule has 1 fully saturated rings. The number of carbonyl (C=O) groups excluding carboxylic acids is 1. The van der Waals surface area contributed by atoms with Crippen LogP contribution in [-0.2, 0) is 0 Å². The minimum Gasteiger partial charge on any atom is -0.334 e. The van der Waals surface area contributed by atoms with Gasteiger partial charge in [0.15, 0.2) is 0 Å². The third-order valence-corrected chi connectivity index (χ3v) is 4.34. The van der Waals surface area contributed by atoms with Gasteiger partial charge in [0.2, 0.25) is 0 Å². The van der Waals surface area contributed by atoms with Crippen LogP contribution in [0, 0.1) is 5.92 Å². The first-order valence-corrected chi connectivity index (χ1v) is 7.15. The number of hydrogen-bond donors (Lipinski definition) is 0. The van der Waals surface area contributed by atoms with Gasteiger partial charge >= 0.3 is 0 Å². The molecule has 1 heterocycles. The van der Waals surface area contributed by atoms with E-state index in [2.05, 4.69) is 6.92 Å². The molecule has 2 atom stereocenters. The molecule has 2 unspecified atom stereocenters. The zero-order valence-electron chi connectivity index (χ0n) is 10.00. The van der Waals surface area contributed by atoms with Gasteiger partial charge in [-0.3, -0.25) is 4.79 Å². The highest BCUT2D eigenvalue weighted by atomic mass is 35.5. The molecule has 0 N–H and O–H groups in total. The van der Waals surface area contributed by atoms with Crippen LogP contribution in [0.15, 0.2) is 18.2 Å². The normalized spacial score (nSPS) is 23.4. The fraction of sp³-hybridized carbons (Fsp3) is 0.462. The van der Waals surface area contributed by atoms with Crippen molar-refractivity contribution in [1.82, 2.24) is 4.90 Å². The summed E-state index contributed by atoms with van der Waals surface area (Å²) in [5, 5.41) is 0.940. The predicted octanol–water partition coefficient (Wildman–Crippen LogP) is 4.08. The van der Waals surface area contributed by atoms with Crippen LogP contribution >= 0.6 is 34.8 Å². The SMILES string of the molecule is CC1CCN(C(=O)c2cc(Cl)ccc2Cl)C1CCl. The molecule has 0 aromatic heterocycles. The molecule has 18 heavy (non-hydrogen) atoms. The number of alkyl halides is 1. The van der Waals surface area contributed by atoms with Gasteiger partial charge in [0.05, 0.1) is 10.6 Å². The maximum Gasteiger partial charge on any atom is 0.255 e. The number of amides is 1. The van der Waals surface area contributed by atoms with E-state index in [1.165, 1.54) is 0 Å². The monoisotopic (exact) mass is 305 g/mol. The van der Waals surface area contributed by atoms with Crippen molar-refractivity contribution in [2.24, 2.45) is 5.92 Å². The van der Waals surface area contributed by atoms with Gasteiger partial charge in [0, 0.05) is 23.5 Å². The van der Waals surface area contributed by atoms with Crippen molar-refractivity contribution in [2.75, 3.05) is 12.4 Å². The van der Waals surface area contributed by atoms with Crippen LogP contribution in [0.25, 0.3) is 0 Å². The van der Waals surface area contributed by atoms with Crippen LogP contribution in [0.4, 0.5) is 0 Å². The quantitative estimate of drug-likeness (QED) is 0.754. The predicted molar refractivity (Wildman–Crippen MR) is 75.8 cm³/mol. The van der Waals surface area contributed by atoms with Crippen LogP contribution in [0.2, 0.25) is 10.0 Å². The molecule has 1 saturated heterocycles. The fourth-order valence-electron chi connectivity index (χ4n) is 2.31. The molecule has 1 amide bonds. The Balaban J connectivity index is 2.28. The molecule has 1 aromatic carbocycles. The van der Waals surface area contributed by atoms with Gasteiger partial charge in [-0.15, -0.1) is 11.6 Å². The molecule has 1 aliphatic heterocycles. The topological polar surface area (TPSA) is 20.3 Å². The average Bonchev–Trinajstić information content (AvgIpc) is 2.72. The molecule has 0 radical (unpaired) electrons. The van der Waals surface area contributed by atoms with E-state index in [1.807, 2.05) is 0 Å². The van der Waals surface area contributed by atoms with Crippen molar-refractivity contribution >= 4 is 40.7 Å². The van der Waals surface area contributed by atoms with Crippen LogP contribution < -0.4 is 0 Å². The molecule has 0 bridgehead atoms. The van der Waals surface area contributed by atoms with Crippen molar-refractivity contribution in [3.8, 4) is 0 Å². The van der Waals surface area contributed by atoms with Gasteiger partial charge in [-0.1, -0.05) is 30.1 Å². The van der Waals surface area contributed by atoms with E-state index in [9.17, 15) is 4.79 Å². The van der Waals surface area contributed by atoms with Crippen molar-refractivity contribution < 1.29 is 4.79 Å². The summed E-state index contributed by atoms with van der Waals surface area (Å²) >= 11 is 17.9. The minimum atomic E-state index is -0.0856. The first-order chi connectivity index (χ1) is 8.54. The zero-order valence-corrected chi connectivity index (χ0v) is 12.3. The number of carbonyl (C=O) groups is 1. The van der Waals surface area contributed by atoms with Crippen molar-refractivity contribution in [2.45, 2.75) is 19.4 Å². The number of rotatable bonds is 2. The number of nitrogens with zero attached hydrogens (tertiary/aromatic N) is 1. The smallest absolute Gasteiger partial charge is 0.255 e. The van der Waals surface area contributed by atoms with Crippen LogP contribution in [0.1, 0.15) is 23.7 Å². The average molecular weight is 307 g/mol. The third-order valence-electron chi connectivity index (χ3n) is 3.46. The van der Waals surface area contributed by atoms with Gasteiger partial charge in [0.1, 0.15) is 0 Å². The highest BCUT2D eigenvalue weighted by Gasteiger charge is 2.34. The Bertz CT molecular complexity index is 464. The molecule has 98 valence electrons. The van der Waals surface area contributed by atoms with Gasteiger partial charge in [-0.2, -0.15) is 0 Å². The summed E-state index contributed by atoms with van der Waals surface area (Å²) in [5.41, 5.74) is 0.452. The second-order valence-electron chi connectivity index (χ2n) is 4.61. The molecular weight excluding hydrogens is 293 g/mol. The summed E-state index contributed by atoms with van der Waals surface area (Å²) in [6, 6.07) is 5.01. The maximum absolute atomic E-state index is 12.5. The van der Waals surface area contributed by atoms with Gasteiger partial charge in [0.25, 0.3) is 5.91 Å². The van der Waals surface area contributed by atoms with Gasteiger partial charge in [-0.05, 0) is 30.5 Å². The highest BCUT2D eigenvalue weighted by molar-refractivity contribution is 6.35. The lowest BCUT2D eigenvalue weighted by molar-refractivity contribution is 0.0737. The van der Waals surface area contributed by atoms with E-state index in [4.69, 9.17) is 34.8 Å². The Morgan fingerprint density at radius 1 is 1.44 bits per heavy atom. The van der Waals surface area contributed by atoms with Crippen LogP contribution in [0.5, 0.6) is 0 Å². The van der Waals surface area contributed by atoms with E-state index in [0.717, 1.165) is 13.0 Å². The van der Waals surface area contributed by atoms with E-state index in [-0.39, 0.29) is 11.9 Å². The van der Waals surface area contributed by atoms with E-state index >= 15 is 0 Å². The summed E-state index contributed by atoms with van der Waals surface area (Å²) in [6.07, 6.45) is 0.974. The van der Waals surface area contributed by atoms with Crippen LogP contribution in [-0.4, -0.2) is 29.3 Å². The Hall–Kier alpha value is -0.440. The van der Waals surface area contributed by atoms with Crippen molar-refractivity contribution in [3.63, 3.8) is 0 Å². The Morgan fingerprint density at radius 2 is 2.17 bits per heavy atom. The number of likely N-dealkylation sites (tertiary alicyclic amines) is 1. The third kappa shape index (κ3) is 2.61. The number of benzene rings is 1. The molecular formula is C13H14Cl3NO. The summed E-state index contributed by atoms with van der Waals surface area (Å²) in [6.45, 7) is 2.83. The molecule has 2 nitrogen and oxygen atoms in total. The van der Waals surface area contributed by atoms with Gasteiger partial charge in [-0.25, -0.2) is 0 Å². The van der Waals surface area contributed by atoms with E-state index in [1.54, 1.807) is 23.1 Å². The second-order valence-corrected chi connectivity index (χ2v) is 5.76. The highest BCUT2D eigenvalue weighted by Crippen LogP contribution is 2.29. The number of hydrogen-bond acceptors (Lipinski definition) is 1. The molecule has 2 rings (SSSR count). The molecule has 1 aliphatic rings. The fourth-order valence-corrected chi connectivity index (χ4v) is 3.15. The molecule has 0 saturated carbocycles. The summed E-state index contributed by atoms with van der Waals surface area (Å²) in [5.74, 6) is 0.785. The van der Waals surface area contributed by atoms with Crippen LogP contribution in [0.3, 0.4) is 0 Å². The zero-order chi connectivity index (χ0) is 13.3. The van der Waals surface area contributed by atoms with Crippen molar-refractivity contribution in [1.29, 1.82) is 0 Å². The lowest BCUT2D eigenvalue weighted by atomic mass is 10.0. The maximum atomic E-state index is 12.5. The van der Waals surface area contributed by atoms with Crippen molar-refractivity contribution in [3.05, 3.63) is 33.8 Å². The Kier molecular flexibility index (Phi) is 4.41. The molecule has 0 spiro atoms. The Labute approximate surface area is 122 Å². The lowest BCUT2D eigenvalue weighted by Crippen LogP contribution is -2.38. The molecule has 0 aliphatic carbocycles. The summed E-state index contributed by atoms with van der Waals surface area (Å²) < 4.78 is 0. The van der Waals surface area contributed by atoms with E-state index < -0.39 is 0 Å². The number of halogens is 3. The summed E-state index contributed by atoms with van der Waals surface area (Å²) in [7, 11) is 0. The molecule has 1 aromatic rings. The largest absolute Gasteiger partial charge is 0.334 e. The minimum absolute atomic E-state index is 0.0780. The Morgan fingerprint density at radius 3 is 2.83 bits per heavy atom. The van der Waals surface area contributed by atoms with E-state index in [0.29, 0.717) is 27.4 Å². The first kappa shape index (κ1) is 14.0. The summed E-state index contributed by atoms with van der Waals surface area (Å²) in [4.78, 5) is 14.3. The lowest BCUT2D eigenvalue weighted by Gasteiger charge is -2.25.